The van der Waals surface area contributed by atoms with E-state index in [0.29, 0.717) is 17.0 Å². The van der Waals surface area contributed by atoms with E-state index >= 15 is 0 Å². The molecule has 0 fully saturated rings. The van der Waals surface area contributed by atoms with E-state index < -0.39 is 5.91 Å². The van der Waals surface area contributed by atoms with E-state index in [-0.39, 0.29) is 18.0 Å². The number of fused-ring (bicyclic) bond motifs is 1. The minimum Gasteiger partial charge on any atom is -0.378 e. The van der Waals surface area contributed by atoms with Gasteiger partial charge >= 0.3 is 5.91 Å². The van der Waals surface area contributed by atoms with Gasteiger partial charge in [0.25, 0.3) is 0 Å². The fourth-order valence-corrected chi connectivity index (χ4v) is 3.61. The van der Waals surface area contributed by atoms with Crippen LogP contribution in [0.3, 0.4) is 0 Å². The van der Waals surface area contributed by atoms with Gasteiger partial charge in [-0.2, -0.15) is 11.5 Å². The van der Waals surface area contributed by atoms with E-state index in [1.807, 2.05) is 19.1 Å². The van der Waals surface area contributed by atoms with E-state index in [2.05, 4.69) is 15.7 Å². The van der Waals surface area contributed by atoms with Crippen molar-refractivity contribution in [2.75, 3.05) is 10.2 Å². The number of amides is 2. The molecule has 0 saturated carbocycles. The Kier molecular flexibility index (Phi) is 5.33. The minimum absolute atomic E-state index is 0.00252. The maximum Gasteiger partial charge on any atom is 0.318 e. The Morgan fingerprint density at radius 2 is 1.93 bits per heavy atom. The second kappa shape index (κ2) is 7.68. The Morgan fingerprint density at radius 1 is 1.22 bits per heavy atom. The normalized spacial score (nSPS) is 18.2. The average molecular weight is 383 g/mol. The summed E-state index contributed by atoms with van der Waals surface area (Å²) in [5.41, 5.74) is 5.01. The summed E-state index contributed by atoms with van der Waals surface area (Å²) in [6.45, 7) is 10.3. The topological polar surface area (TPSA) is 65.8 Å². The lowest BCUT2D eigenvalue weighted by Gasteiger charge is -2.39. The van der Waals surface area contributed by atoms with Crippen molar-refractivity contribution in [1.82, 2.24) is 5.43 Å². The predicted octanol–water partition coefficient (Wildman–Crippen LogP) is 4.20. The first-order valence-corrected chi connectivity index (χ1v) is 8.91. The van der Waals surface area contributed by atoms with Gasteiger partial charge in [-0.3, -0.25) is 9.59 Å². The smallest absolute Gasteiger partial charge is 0.318 e. The van der Waals surface area contributed by atoms with E-state index in [0.717, 1.165) is 16.9 Å². The Morgan fingerprint density at radius 3 is 2.56 bits per heavy atom. The van der Waals surface area contributed by atoms with Crippen LogP contribution in [-0.2, 0) is 4.79 Å². The van der Waals surface area contributed by atoms with E-state index in [9.17, 15) is 9.59 Å². The van der Waals surface area contributed by atoms with Gasteiger partial charge in [0.1, 0.15) is 0 Å². The highest BCUT2D eigenvalue weighted by molar-refractivity contribution is 6.30. The molecule has 2 atom stereocenters. The Labute approximate surface area is 162 Å². The molecule has 2 aromatic rings. The summed E-state index contributed by atoms with van der Waals surface area (Å²) in [4.78, 5) is 28.9. The molecule has 1 heterocycles. The SMILES string of the molecule is [C-]#[N+]NC(=O)c1ccc2c(c1)C(Nc1ccc(Cl)cc1)CC(C)N2C(C)=O. The van der Waals surface area contributed by atoms with Crippen LogP contribution < -0.4 is 15.6 Å². The highest BCUT2D eigenvalue weighted by Crippen LogP contribution is 2.39. The van der Waals surface area contributed by atoms with Crippen LogP contribution in [0.1, 0.15) is 42.2 Å². The number of hydrogen-bond acceptors (Lipinski definition) is 3. The van der Waals surface area contributed by atoms with Crippen LogP contribution in [0.2, 0.25) is 5.02 Å². The zero-order chi connectivity index (χ0) is 19.6. The van der Waals surface area contributed by atoms with Crippen LogP contribution in [0.4, 0.5) is 11.4 Å². The first-order valence-electron chi connectivity index (χ1n) is 8.53. The standard InChI is InChI=1S/C20H19ClN4O2/c1-12-10-18(23-16-7-5-15(21)6-8-16)17-11-14(20(27)24-22-3)4-9-19(17)25(12)13(2)26/h4-9,11-12,18,23H,10H2,1-2H3,(H,24,27). The molecule has 0 bridgehead atoms. The van der Waals surface area contributed by atoms with Crippen LogP contribution in [0.15, 0.2) is 42.5 Å². The van der Waals surface area contributed by atoms with Gasteiger partial charge in [-0.1, -0.05) is 11.6 Å². The number of anilines is 2. The fourth-order valence-electron chi connectivity index (χ4n) is 3.48. The third-order valence-electron chi connectivity index (χ3n) is 4.62. The highest BCUT2D eigenvalue weighted by Gasteiger charge is 2.33. The number of carbonyl (C=O) groups excluding carboxylic acids is 2. The van der Waals surface area contributed by atoms with Crippen molar-refractivity contribution < 1.29 is 9.59 Å². The van der Waals surface area contributed by atoms with Crippen LogP contribution >= 0.6 is 11.6 Å². The maximum atomic E-state index is 12.2. The fraction of sp³-hybridized carbons (Fsp3) is 0.250. The number of halogens is 1. The van der Waals surface area contributed by atoms with Crippen LogP contribution in [-0.4, -0.2) is 17.9 Å². The second-order valence-corrected chi connectivity index (χ2v) is 6.94. The molecule has 7 heteroatoms. The van der Waals surface area contributed by atoms with Gasteiger partial charge in [0.15, 0.2) is 0 Å². The molecule has 3 rings (SSSR count). The number of nitrogens with one attached hydrogen (secondary N) is 2. The lowest BCUT2D eigenvalue weighted by atomic mass is 9.90. The number of hydrogen-bond donors (Lipinski definition) is 2. The van der Waals surface area contributed by atoms with E-state index in [4.69, 9.17) is 18.2 Å². The van der Waals surface area contributed by atoms with Crippen molar-refractivity contribution in [3.63, 3.8) is 0 Å². The molecule has 2 amide bonds. The first kappa shape index (κ1) is 18.7. The monoisotopic (exact) mass is 382 g/mol. The Balaban J connectivity index is 2.02. The molecule has 6 nitrogen and oxygen atoms in total. The third-order valence-corrected chi connectivity index (χ3v) is 4.88. The summed E-state index contributed by atoms with van der Waals surface area (Å²) in [5, 5.41) is 4.12. The van der Waals surface area contributed by atoms with Gasteiger partial charge in [0, 0.05) is 34.9 Å². The molecular weight excluding hydrogens is 364 g/mol. The molecule has 1 aliphatic heterocycles. The van der Waals surface area contributed by atoms with Crippen molar-refractivity contribution in [1.29, 1.82) is 0 Å². The summed E-state index contributed by atoms with van der Waals surface area (Å²) >= 11 is 5.96. The summed E-state index contributed by atoms with van der Waals surface area (Å²) in [7, 11) is 0. The average Bonchev–Trinajstić information content (AvgIpc) is 2.63. The van der Waals surface area contributed by atoms with Crippen LogP contribution in [0.5, 0.6) is 0 Å². The number of benzene rings is 2. The second-order valence-electron chi connectivity index (χ2n) is 6.50. The number of nitrogens with zero attached hydrogens (tertiary/aromatic N) is 2. The van der Waals surface area contributed by atoms with Crippen LogP contribution in [0.25, 0.3) is 4.95 Å². The van der Waals surface area contributed by atoms with Gasteiger partial charge in [0.05, 0.1) is 6.04 Å². The summed E-state index contributed by atoms with van der Waals surface area (Å²) in [6.07, 6.45) is 0.684. The zero-order valence-electron chi connectivity index (χ0n) is 15.0. The molecule has 0 saturated heterocycles. The van der Waals surface area contributed by atoms with Crippen molar-refractivity contribution >= 4 is 34.8 Å². The van der Waals surface area contributed by atoms with Crippen molar-refractivity contribution in [2.45, 2.75) is 32.4 Å². The van der Waals surface area contributed by atoms with Gasteiger partial charge in [-0.05, 0) is 66.8 Å². The van der Waals surface area contributed by atoms with Gasteiger partial charge in [0.2, 0.25) is 5.91 Å². The molecule has 1 aliphatic rings. The van der Waals surface area contributed by atoms with E-state index in [1.165, 1.54) is 6.92 Å². The molecule has 0 spiro atoms. The van der Waals surface area contributed by atoms with Crippen molar-refractivity contribution in [3.8, 4) is 0 Å². The summed E-state index contributed by atoms with van der Waals surface area (Å²) in [6, 6.07) is 12.4. The molecule has 0 aliphatic carbocycles. The minimum atomic E-state index is -0.467. The molecule has 0 aromatic heterocycles. The molecule has 138 valence electrons. The van der Waals surface area contributed by atoms with Crippen LogP contribution in [0, 0.1) is 6.57 Å². The molecular formula is C20H19ClN4O2. The van der Waals surface area contributed by atoms with E-state index in [1.54, 1.807) is 35.2 Å². The lowest BCUT2D eigenvalue weighted by molar-refractivity contribution is -0.117. The van der Waals surface area contributed by atoms with Gasteiger partial charge in [-0.15, -0.1) is 0 Å². The number of rotatable bonds is 3. The Hall–Kier alpha value is -3.04. The third kappa shape index (κ3) is 3.88. The predicted molar refractivity (Wildman–Crippen MR) is 106 cm³/mol. The quantitative estimate of drug-likeness (QED) is 0.617. The largest absolute Gasteiger partial charge is 0.378 e. The Bertz CT molecular complexity index is 921. The molecule has 0 radical (unpaired) electrons. The highest BCUT2D eigenvalue weighted by atomic mass is 35.5. The molecule has 2 N–H and O–H groups in total. The molecule has 27 heavy (non-hydrogen) atoms. The van der Waals surface area contributed by atoms with Gasteiger partial charge < -0.3 is 10.2 Å². The van der Waals surface area contributed by atoms with Crippen molar-refractivity contribution in [3.05, 3.63) is 70.1 Å². The lowest BCUT2D eigenvalue weighted by Crippen LogP contribution is -2.43. The molecule has 2 unspecified atom stereocenters. The summed E-state index contributed by atoms with van der Waals surface area (Å²) in [5.74, 6) is -0.516. The first-order chi connectivity index (χ1) is 12.9. The number of carbonyl (C=O) groups is 2. The van der Waals surface area contributed by atoms with Gasteiger partial charge in [-0.25, -0.2) is 0 Å². The maximum absolute atomic E-state index is 12.2. The summed E-state index contributed by atoms with van der Waals surface area (Å²) < 4.78 is 0. The zero-order valence-corrected chi connectivity index (χ0v) is 15.7. The molecule has 2 aromatic carbocycles. The van der Waals surface area contributed by atoms with Crippen molar-refractivity contribution in [2.24, 2.45) is 0 Å².